The Morgan fingerprint density at radius 2 is 1.95 bits per heavy atom. The van der Waals surface area contributed by atoms with Crippen LogP contribution in [-0.2, 0) is 4.79 Å². The lowest BCUT2D eigenvalue weighted by molar-refractivity contribution is -0.138. The van der Waals surface area contributed by atoms with Crippen LogP contribution >= 0.6 is 23.2 Å². The van der Waals surface area contributed by atoms with Crippen molar-refractivity contribution in [1.82, 2.24) is 4.90 Å². The molecule has 1 heterocycles. The Morgan fingerprint density at radius 1 is 1.26 bits per heavy atom. The van der Waals surface area contributed by atoms with Crippen molar-refractivity contribution in [2.75, 3.05) is 13.1 Å². The second-order valence-corrected chi connectivity index (χ2v) is 5.48. The SMILES string of the molecule is CC(Oc1cccc(Cl)c1Cl)C(=O)N1CCCCC1. The van der Waals surface area contributed by atoms with E-state index in [1.165, 1.54) is 6.42 Å². The van der Waals surface area contributed by atoms with Gasteiger partial charge in [-0.05, 0) is 38.3 Å². The Hall–Kier alpha value is -0.930. The van der Waals surface area contributed by atoms with Gasteiger partial charge in [0.05, 0.1) is 5.02 Å². The van der Waals surface area contributed by atoms with E-state index in [9.17, 15) is 4.79 Å². The summed E-state index contributed by atoms with van der Waals surface area (Å²) in [7, 11) is 0. The van der Waals surface area contributed by atoms with Crippen molar-refractivity contribution in [2.24, 2.45) is 0 Å². The van der Waals surface area contributed by atoms with Gasteiger partial charge in [-0.1, -0.05) is 29.3 Å². The molecule has 1 aliphatic rings. The number of carbonyl (C=O) groups is 1. The first-order valence-corrected chi connectivity index (χ1v) is 7.24. The van der Waals surface area contributed by atoms with Crippen molar-refractivity contribution in [3.8, 4) is 5.75 Å². The number of hydrogen-bond acceptors (Lipinski definition) is 2. The third-order valence-electron chi connectivity index (χ3n) is 3.24. The van der Waals surface area contributed by atoms with Gasteiger partial charge < -0.3 is 9.64 Å². The maximum atomic E-state index is 12.2. The number of hydrogen-bond donors (Lipinski definition) is 0. The fraction of sp³-hybridized carbons (Fsp3) is 0.500. The molecule has 1 fully saturated rings. The largest absolute Gasteiger partial charge is 0.479 e. The fourth-order valence-electron chi connectivity index (χ4n) is 2.19. The standard InChI is InChI=1S/C14H17Cl2NO2/c1-10(14(18)17-8-3-2-4-9-17)19-12-7-5-6-11(15)13(12)16/h5-7,10H,2-4,8-9H2,1H3. The molecule has 1 amide bonds. The number of piperidine rings is 1. The number of carbonyl (C=O) groups excluding carboxylic acids is 1. The van der Waals surface area contributed by atoms with Crippen LogP contribution in [0.25, 0.3) is 0 Å². The Balaban J connectivity index is 2.01. The van der Waals surface area contributed by atoms with E-state index in [-0.39, 0.29) is 5.91 Å². The molecule has 1 saturated heterocycles. The van der Waals surface area contributed by atoms with Crippen molar-refractivity contribution < 1.29 is 9.53 Å². The molecule has 2 rings (SSSR count). The molecule has 5 heteroatoms. The van der Waals surface area contributed by atoms with Gasteiger partial charge in [-0.2, -0.15) is 0 Å². The Kier molecular flexibility index (Phi) is 4.94. The van der Waals surface area contributed by atoms with Gasteiger partial charge in [0.15, 0.2) is 6.10 Å². The summed E-state index contributed by atoms with van der Waals surface area (Å²) in [5.74, 6) is 0.461. The minimum Gasteiger partial charge on any atom is -0.479 e. The van der Waals surface area contributed by atoms with Crippen LogP contribution in [0, 0.1) is 0 Å². The normalized spacial score (nSPS) is 17.1. The molecule has 1 aromatic carbocycles. The average molecular weight is 302 g/mol. The summed E-state index contributed by atoms with van der Waals surface area (Å²) in [6.45, 7) is 3.37. The fourth-order valence-corrected chi connectivity index (χ4v) is 2.52. The number of ether oxygens (including phenoxy) is 1. The van der Waals surface area contributed by atoms with Crippen LogP contribution in [-0.4, -0.2) is 30.0 Å². The lowest BCUT2D eigenvalue weighted by atomic mass is 10.1. The molecule has 0 radical (unpaired) electrons. The second kappa shape index (κ2) is 6.49. The number of nitrogens with zero attached hydrogens (tertiary/aromatic N) is 1. The Morgan fingerprint density at radius 3 is 2.63 bits per heavy atom. The van der Waals surface area contributed by atoms with Crippen LogP contribution in [0.3, 0.4) is 0 Å². The van der Waals surface area contributed by atoms with Gasteiger partial charge in [0, 0.05) is 13.1 Å². The summed E-state index contributed by atoms with van der Waals surface area (Å²) in [6.07, 6.45) is 2.78. The lowest BCUT2D eigenvalue weighted by Gasteiger charge is -2.29. The van der Waals surface area contributed by atoms with Crippen molar-refractivity contribution in [3.63, 3.8) is 0 Å². The smallest absolute Gasteiger partial charge is 0.263 e. The molecule has 1 unspecified atom stereocenters. The number of likely N-dealkylation sites (tertiary alicyclic amines) is 1. The van der Waals surface area contributed by atoms with Crippen LogP contribution in [0.2, 0.25) is 10.0 Å². The number of rotatable bonds is 3. The topological polar surface area (TPSA) is 29.5 Å². The van der Waals surface area contributed by atoms with Crippen LogP contribution < -0.4 is 4.74 Å². The maximum Gasteiger partial charge on any atom is 0.263 e. The van der Waals surface area contributed by atoms with Gasteiger partial charge in [0.25, 0.3) is 5.91 Å². The van der Waals surface area contributed by atoms with E-state index in [0.29, 0.717) is 15.8 Å². The number of benzene rings is 1. The molecule has 104 valence electrons. The zero-order chi connectivity index (χ0) is 13.8. The molecule has 0 saturated carbocycles. The molecular weight excluding hydrogens is 285 g/mol. The molecule has 0 spiro atoms. The first-order valence-electron chi connectivity index (χ1n) is 6.49. The van der Waals surface area contributed by atoms with Crippen molar-refractivity contribution in [2.45, 2.75) is 32.3 Å². The summed E-state index contributed by atoms with van der Waals surface area (Å²) < 4.78 is 5.63. The number of halogens is 2. The molecule has 1 atom stereocenters. The summed E-state index contributed by atoms with van der Waals surface area (Å²) in [5.41, 5.74) is 0. The van der Waals surface area contributed by atoms with Crippen molar-refractivity contribution in [1.29, 1.82) is 0 Å². The monoisotopic (exact) mass is 301 g/mol. The predicted molar refractivity (Wildman–Crippen MR) is 77.0 cm³/mol. The predicted octanol–water partition coefficient (Wildman–Crippen LogP) is 3.77. The van der Waals surface area contributed by atoms with Crippen LogP contribution in [0.4, 0.5) is 0 Å². The number of amides is 1. The van der Waals surface area contributed by atoms with Crippen LogP contribution in [0.5, 0.6) is 5.75 Å². The molecule has 3 nitrogen and oxygen atoms in total. The van der Waals surface area contributed by atoms with E-state index < -0.39 is 6.10 Å². The molecule has 1 aromatic rings. The summed E-state index contributed by atoms with van der Waals surface area (Å²) >= 11 is 12.0. The molecule has 0 aliphatic carbocycles. The van der Waals surface area contributed by atoms with Gasteiger partial charge in [-0.3, -0.25) is 4.79 Å². The third-order valence-corrected chi connectivity index (χ3v) is 4.04. The van der Waals surface area contributed by atoms with Crippen LogP contribution in [0.15, 0.2) is 18.2 Å². The van der Waals surface area contributed by atoms with Gasteiger partial charge >= 0.3 is 0 Å². The van der Waals surface area contributed by atoms with E-state index in [1.54, 1.807) is 25.1 Å². The highest BCUT2D eigenvalue weighted by atomic mass is 35.5. The molecule has 0 bridgehead atoms. The first-order chi connectivity index (χ1) is 9.09. The molecule has 19 heavy (non-hydrogen) atoms. The van der Waals surface area contributed by atoms with Gasteiger partial charge in [0.2, 0.25) is 0 Å². The highest BCUT2D eigenvalue weighted by Crippen LogP contribution is 2.32. The summed E-state index contributed by atoms with van der Waals surface area (Å²) in [6, 6.07) is 5.16. The zero-order valence-electron chi connectivity index (χ0n) is 10.9. The zero-order valence-corrected chi connectivity index (χ0v) is 12.4. The van der Waals surface area contributed by atoms with E-state index >= 15 is 0 Å². The highest BCUT2D eigenvalue weighted by molar-refractivity contribution is 6.42. The van der Waals surface area contributed by atoms with Gasteiger partial charge in [-0.25, -0.2) is 0 Å². The van der Waals surface area contributed by atoms with Gasteiger partial charge in [0.1, 0.15) is 10.8 Å². The van der Waals surface area contributed by atoms with E-state index in [4.69, 9.17) is 27.9 Å². The molecule has 1 aliphatic heterocycles. The molecule has 0 N–H and O–H groups in total. The highest BCUT2D eigenvalue weighted by Gasteiger charge is 2.24. The minimum atomic E-state index is -0.547. The Labute approximate surface area is 123 Å². The second-order valence-electron chi connectivity index (χ2n) is 4.70. The average Bonchev–Trinajstić information content (AvgIpc) is 2.44. The van der Waals surface area contributed by atoms with Crippen molar-refractivity contribution >= 4 is 29.1 Å². The maximum absolute atomic E-state index is 12.2. The quantitative estimate of drug-likeness (QED) is 0.850. The van der Waals surface area contributed by atoms with Crippen molar-refractivity contribution in [3.05, 3.63) is 28.2 Å². The van der Waals surface area contributed by atoms with E-state index in [1.807, 2.05) is 4.90 Å². The summed E-state index contributed by atoms with van der Waals surface area (Å²) in [5, 5.41) is 0.777. The molecule has 0 aromatic heterocycles. The molecular formula is C14H17Cl2NO2. The van der Waals surface area contributed by atoms with E-state index in [2.05, 4.69) is 0 Å². The summed E-state index contributed by atoms with van der Waals surface area (Å²) in [4.78, 5) is 14.1. The minimum absolute atomic E-state index is 0.00995. The Bertz CT molecular complexity index is 459. The first kappa shape index (κ1) is 14.5. The third kappa shape index (κ3) is 3.54. The van der Waals surface area contributed by atoms with Gasteiger partial charge in [-0.15, -0.1) is 0 Å². The van der Waals surface area contributed by atoms with Crippen LogP contribution in [0.1, 0.15) is 26.2 Å². The lowest BCUT2D eigenvalue weighted by Crippen LogP contribution is -2.43. The van der Waals surface area contributed by atoms with E-state index in [0.717, 1.165) is 25.9 Å².